The second kappa shape index (κ2) is 13.1. The molecule has 0 radical (unpaired) electrons. The summed E-state index contributed by atoms with van der Waals surface area (Å²) in [7, 11) is 0. The average molecular weight is 476 g/mol. The van der Waals surface area contributed by atoms with Gasteiger partial charge in [-0.1, -0.05) is 42.5 Å². The van der Waals surface area contributed by atoms with Crippen molar-refractivity contribution in [1.82, 2.24) is 5.32 Å². The Hall–Kier alpha value is -4.66. The molecule has 0 heterocycles. The number of carbonyl (C=O) groups is 3. The molecule has 0 aliphatic rings. The molecule has 0 saturated carbocycles. The highest BCUT2D eigenvalue weighted by Crippen LogP contribution is 2.23. The first-order chi connectivity index (χ1) is 16.7. The van der Waals surface area contributed by atoms with Crippen LogP contribution in [0.15, 0.2) is 78.9 Å². The van der Waals surface area contributed by atoms with Gasteiger partial charge in [-0.25, -0.2) is 0 Å². The molecule has 2 amide bonds. The van der Waals surface area contributed by atoms with Crippen molar-refractivity contribution in [3.63, 3.8) is 0 Å². The minimum absolute atomic E-state index is 0.0216. The van der Waals surface area contributed by atoms with Crippen molar-refractivity contribution < 1.29 is 19.5 Å². The van der Waals surface area contributed by atoms with Crippen LogP contribution in [0.2, 0.25) is 0 Å². The lowest BCUT2D eigenvalue weighted by molar-refractivity contribution is -0.134. The normalized spacial score (nSPS) is 10.7. The first-order valence-electron chi connectivity index (χ1n) is 10.8. The number of benzene rings is 3. The predicted octanol–water partition coefficient (Wildman–Crippen LogP) is 3.49. The van der Waals surface area contributed by atoms with Gasteiger partial charge in [-0.15, -0.1) is 0 Å². The third-order valence-corrected chi connectivity index (χ3v) is 4.62. The summed E-state index contributed by atoms with van der Waals surface area (Å²) in [5.74, 6) is -1.25. The molecule has 7 N–H and O–H groups in total. The van der Waals surface area contributed by atoms with Gasteiger partial charge in [0.25, 0.3) is 5.97 Å². The predicted molar refractivity (Wildman–Crippen MR) is 136 cm³/mol. The molecule has 3 aromatic carbocycles. The van der Waals surface area contributed by atoms with E-state index in [1.165, 1.54) is 6.92 Å². The van der Waals surface area contributed by atoms with E-state index in [0.29, 0.717) is 29.0 Å². The van der Waals surface area contributed by atoms with Crippen LogP contribution in [0, 0.1) is 5.41 Å². The lowest BCUT2D eigenvalue weighted by Gasteiger charge is -2.21. The number of nitrogens with two attached hydrogens (primary N) is 1. The SMILES string of the molecule is CC(=O)Nc1cccc(C(Nc2ccc(C(=N)N)cc2)C(=O)NCc2ccccc2)c1.CC(=O)O. The molecule has 0 aliphatic carbocycles. The van der Waals surface area contributed by atoms with E-state index in [1.54, 1.807) is 42.5 Å². The number of nitrogen functional groups attached to an aromatic ring is 1. The average Bonchev–Trinajstić information content (AvgIpc) is 2.81. The van der Waals surface area contributed by atoms with Crippen LogP contribution in [0.25, 0.3) is 0 Å². The molecule has 0 saturated heterocycles. The minimum atomic E-state index is -0.833. The second-order valence-electron chi connectivity index (χ2n) is 7.60. The van der Waals surface area contributed by atoms with E-state index in [2.05, 4.69) is 16.0 Å². The minimum Gasteiger partial charge on any atom is -0.481 e. The van der Waals surface area contributed by atoms with E-state index >= 15 is 0 Å². The lowest BCUT2D eigenvalue weighted by Crippen LogP contribution is -2.33. The monoisotopic (exact) mass is 475 g/mol. The van der Waals surface area contributed by atoms with Crippen LogP contribution in [0.3, 0.4) is 0 Å². The Labute approximate surface area is 203 Å². The number of carboxylic acids is 1. The Morgan fingerprint density at radius 3 is 2.11 bits per heavy atom. The number of carbonyl (C=O) groups excluding carboxylic acids is 2. The molecule has 0 spiro atoms. The van der Waals surface area contributed by atoms with E-state index in [4.69, 9.17) is 21.0 Å². The van der Waals surface area contributed by atoms with Crippen LogP contribution in [0.1, 0.15) is 36.6 Å². The molecular weight excluding hydrogens is 446 g/mol. The Morgan fingerprint density at radius 2 is 1.54 bits per heavy atom. The van der Waals surface area contributed by atoms with Crippen molar-refractivity contribution in [2.45, 2.75) is 26.4 Å². The zero-order valence-electron chi connectivity index (χ0n) is 19.5. The van der Waals surface area contributed by atoms with Gasteiger partial charge in [0.1, 0.15) is 11.9 Å². The van der Waals surface area contributed by atoms with E-state index in [1.807, 2.05) is 36.4 Å². The summed E-state index contributed by atoms with van der Waals surface area (Å²) in [6.07, 6.45) is 0. The summed E-state index contributed by atoms with van der Waals surface area (Å²) in [5.41, 5.74) is 9.13. The number of rotatable bonds is 8. The maximum atomic E-state index is 13.1. The Kier molecular flexibility index (Phi) is 9.99. The van der Waals surface area contributed by atoms with Crippen molar-refractivity contribution >= 4 is 35.0 Å². The summed E-state index contributed by atoms with van der Waals surface area (Å²) in [5, 5.41) is 23.9. The fourth-order valence-corrected chi connectivity index (χ4v) is 3.10. The van der Waals surface area contributed by atoms with E-state index < -0.39 is 12.0 Å². The molecule has 182 valence electrons. The first kappa shape index (κ1) is 26.6. The number of hydrogen-bond donors (Lipinski definition) is 6. The number of nitrogens with one attached hydrogen (secondary N) is 4. The van der Waals surface area contributed by atoms with Crippen molar-refractivity contribution in [2.75, 3.05) is 10.6 Å². The van der Waals surface area contributed by atoms with Gasteiger partial charge in [-0.2, -0.15) is 0 Å². The van der Waals surface area contributed by atoms with Crippen LogP contribution in [0.4, 0.5) is 11.4 Å². The largest absolute Gasteiger partial charge is 0.481 e. The van der Waals surface area contributed by atoms with Gasteiger partial charge in [0.2, 0.25) is 11.8 Å². The fraction of sp³-hybridized carbons (Fsp3) is 0.154. The van der Waals surface area contributed by atoms with Gasteiger partial charge in [0.05, 0.1) is 0 Å². The number of amides is 2. The highest BCUT2D eigenvalue weighted by Gasteiger charge is 2.21. The number of amidine groups is 1. The quantitative estimate of drug-likeness (QED) is 0.216. The molecule has 9 heteroatoms. The van der Waals surface area contributed by atoms with Crippen molar-refractivity contribution in [3.8, 4) is 0 Å². The third-order valence-electron chi connectivity index (χ3n) is 4.62. The molecule has 0 aliphatic heterocycles. The van der Waals surface area contributed by atoms with Crippen LogP contribution >= 0.6 is 0 Å². The molecule has 0 aromatic heterocycles. The molecule has 1 unspecified atom stereocenters. The molecule has 35 heavy (non-hydrogen) atoms. The second-order valence-corrected chi connectivity index (χ2v) is 7.60. The van der Waals surface area contributed by atoms with Crippen LogP contribution in [-0.2, 0) is 20.9 Å². The standard InChI is InChI=1S/C24H25N5O2.C2H4O2/c1-16(30)28-21-9-5-8-19(14-21)22(24(31)27-15-17-6-3-2-4-7-17)29-20-12-10-18(11-13-20)23(25)26;1-2(3)4/h2-14,22,29H,15H2,1H3,(H3,25,26)(H,27,31)(H,28,30);1H3,(H,3,4). The molecule has 0 bridgehead atoms. The zero-order chi connectivity index (χ0) is 25.8. The zero-order valence-corrected chi connectivity index (χ0v) is 19.5. The van der Waals surface area contributed by atoms with Crippen LogP contribution < -0.4 is 21.7 Å². The highest BCUT2D eigenvalue weighted by atomic mass is 16.4. The maximum Gasteiger partial charge on any atom is 0.300 e. The van der Waals surface area contributed by atoms with Gasteiger partial charge in [0.15, 0.2) is 0 Å². The van der Waals surface area contributed by atoms with Gasteiger partial charge >= 0.3 is 0 Å². The summed E-state index contributed by atoms with van der Waals surface area (Å²) < 4.78 is 0. The topological polar surface area (TPSA) is 157 Å². The molecule has 3 rings (SSSR count). The maximum absolute atomic E-state index is 13.1. The summed E-state index contributed by atoms with van der Waals surface area (Å²) in [4.78, 5) is 33.5. The number of carboxylic acid groups (broad SMARTS) is 1. The molecule has 9 nitrogen and oxygen atoms in total. The third kappa shape index (κ3) is 9.39. The summed E-state index contributed by atoms with van der Waals surface area (Å²) in [6.45, 7) is 2.91. The fourth-order valence-electron chi connectivity index (χ4n) is 3.10. The molecule has 0 fully saturated rings. The summed E-state index contributed by atoms with van der Waals surface area (Å²) >= 11 is 0. The number of aliphatic carboxylic acids is 1. The van der Waals surface area contributed by atoms with Crippen molar-refractivity contribution in [3.05, 3.63) is 95.6 Å². The van der Waals surface area contributed by atoms with Gasteiger partial charge in [-0.3, -0.25) is 19.8 Å². The lowest BCUT2D eigenvalue weighted by atomic mass is 10.0. The van der Waals surface area contributed by atoms with E-state index in [-0.39, 0.29) is 17.6 Å². The number of anilines is 2. The van der Waals surface area contributed by atoms with E-state index in [0.717, 1.165) is 12.5 Å². The molecular formula is C26H29N5O4. The molecule has 1 atom stereocenters. The van der Waals surface area contributed by atoms with Crippen LogP contribution in [-0.4, -0.2) is 28.7 Å². The smallest absolute Gasteiger partial charge is 0.300 e. The van der Waals surface area contributed by atoms with E-state index in [9.17, 15) is 9.59 Å². The first-order valence-corrected chi connectivity index (χ1v) is 10.8. The molecule has 3 aromatic rings. The van der Waals surface area contributed by atoms with Gasteiger partial charge in [0, 0.05) is 37.3 Å². The highest BCUT2D eigenvalue weighted by molar-refractivity contribution is 5.95. The number of hydrogen-bond acceptors (Lipinski definition) is 5. The van der Waals surface area contributed by atoms with Crippen molar-refractivity contribution in [2.24, 2.45) is 5.73 Å². The Morgan fingerprint density at radius 1 is 0.914 bits per heavy atom. The van der Waals surface area contributed by atoms with Gasteiger partial charge < -0.3 is 26.8 Å². The Bertz CT molecular complexity index is 1160. The van der Waals surface area contributed by atoms with Crippen molar-refractivity contribution in [1.29, 1.82) is 5.41 Å². The van der Waals surface area contributed by atoms with Crippen LogP contribution in [0.5, 0.6) is 0 Å². The van der Waals surface area contributed by atoms with Gasteiger partial charge in [-0.05, 0) is 47.5 Å². The Balaban J connectivity index is 0.00000100. The summed E-state index contributed by atoms with van der Waals surface area (Å²) in [6, 6.07) is 23.1.